The van der Waals surface area contributed by atoms with Gasteiger partial charge in [0, 0.05) is 17.6 Å². The molecule has 9 heteroatoms. The van der Waals surface area contributed by atoms with Crippen LogP contribution in [0.1, 0.15) is 17.8 Å². The van der Waals surface area contributed by atoms with Gasteiger partial charge >= 0.3 is 6.03 Å². The van der Waals surface area contributed by atoms with Crippen LogP contribution in [0.2, 0.25) is 5.02 Å². The fourth-order valence-electron chi connectivity index (χ4n) is 3.07. The number of hydrogen-bond acceptors (Lipinski definition) is 5. The molecule has 144 valence electrons. The van der Waals surface area contributed by atoms with Gasteiger partial charge in [0.25, 0.3) is 0 Å². The summed E-state index contributed by atoms with van der Waals surface area (Å²) in [7, 11) is 0. The molecule has 0 saturated carbocycles. The van der Waals surface area contributed by atoms with E-state index >= 15 is 0 Å². The molecule has 1 aromatic carbocycles. The Bertz CT molecular complexity index is 976. The molecule has 1 unspecified atom stereocenters. The molecule has 8 nitrogen and oxygen atoms in total. The number of ether oxygens (including phenoxy) is 1. The number of hydrogen-bond donors (Lipinski definition) is 2. The van der Waals surface area contributed by atoms with Crippen molar-refractivity contribution in [1.82, 2.24) is 25.1 Å². The number of anilines is 1. The van der Waals surface area contributed by atoms with E-state index in [9.17, 15) is 4.79 Å². The fraction of sp³-hybridized carbons (Fsp3) is 0.263. The second-order valence-electron chi connectivity index (χ2n) is 6.46. The number of aryl methyl sites for hydroxylation is 1. The van der Waals surface area contributed by atoms with E-state index in [2.05, 4.69) is 25.7 Å². The van der Waals surface area contributed by atoms with Gasteiger partial charge in [-0.25, -0.2) is 19.4 Å². The Hall–Kier alpha value is -3.13. The quantitative estimate of drug-likeness (QED) is 0.688. The molecule has 28 heavy (non-hydrogen) atoms. The molecule has 3 heterocycles. The average Bonchev–Trinajstić information content (AvgIpc) is 3.15. The molecular weight excluding hydrogens is 380 g/mol. The molecular formula is C19H19ClN6O2. The first-order chi connectivity index (χ1) is 13.7. The van der Waals surface area contributed by atoms with Crippen LogP contribution in [-0.4, -0.2) is 31.8 Å². The number of amides is 2. The van der Waals surface area contributed by atoms with Crippen LogP contribution in [0.15, 0.2) is 48.9 Å². The minimum Gasteiger partial charge on any atom is -0.485 e. The monoisotopic (exact) mass is 398 g/mol. The van der Waals surface area contributed by atoms with Gasteiger partial charge in [0.2, 0.25) is 0 Å². The first-order valence-electron chi connectivity index (χ1n) is 8.94. The van der Waals surface area contributed by atoms with E-state index in [1.54, 1.807) is 24.4 Å². The second-order valence-corrected chi connectivity index (χ2v) is 6.90. The van der Waals surface area contributed by atoms with Crippen LogP contribution < -0.4 is 15.4 Å². The number of benzene rings is 1. The third-order valence-corrected chi connectivity index (χ3v) is 4.66. The van der Waals surface area contributed by atoms with Crippen molar-refractivity contribution in [3.05, 3.63) is 65.3 Å². The molecule has 1 atom stereocenters. The summed E-state index contributed by atoms with van der Waals surface area (Å²) >= 11 is 6.00. The summed E-state index contributed by atoms with van der Waals surface area (Å²) in [4.78, 5) is 20.8. The number of halogens is 1. The van der Waals surface area contributed by atoms with Crippen molar-refractivity contribution in [2.45, 2.75) is 32.0 Å². The SMILES string of the molecule is O=C(Nc1ncccc1OCc1cccc(Cl)c1)NC1CCc2ncnn2C1. The maximum absolute atomic E-state index is 12.4. The molecule has 1 aliphatic heterocycles. The highest BCUT2D eigenvalue weighted by atomic mass is 35.5. The molecule has 0 saturated heterocycles. The Balaban J connectivity index is 1.36. The standard InChI is InChI=1S/C19H19ClN6O2/c20-14-4-1-3-13(9-14)11-28-16-5-2-8-21-18(16)25-19(27)24-15-6-7-17-22-12-23-26(17)10-15/h1-5,8-9,12,15H,6-7,10-11H2,(H2,21,24,25,27). The van der Waals surface area contributed by atoms with Crippen molar-refractivity contribution in [3.8, 4) is 5.75 Å². The van der Waals surface area contributed by atoms with E-state index in [-0.39, 0.29) is 12.1 Å². The van der Waals surface area contributed by atoms with Crippen LogP contribution in [0.4, 0.5) is 10.6 Å². The van der Waals surface area contributed by atoms with E-state index < -0.39 is 0 Å². The molecule has 1 aliphatic rings. The first kappa shape index (κ1) is 18.2. The van der Waals surface area contributed by atoms with Crippen LogP contribution in [-0.2, 0) is 19.6 Å². The van der Waals surface area contributed by atoms with E-state index in [0.717, 1.165) is 24.2 Å². The number of nitrogens with zero attached hydrogens (tertiary/aromatic N) is 4. The minimum atomic E-state index is -0.333. The highest BCUT2D eigenvalue weighted by Crippen LogP contribution is 2.23. The third kappa shape index (κ3) is 4.40. The molecule has 0 spiro atoms. The molecule has 0 radical (unpaired) electrons. The van der Waals surface area contributed by atoms with Gasteiger partial charge in [0.1, 0.15) is 18.8 Å². The zero-order chi connectivity index (χ0) is 19.3. The van der Waals surface area contributed by atoms with Crippen molar-refractivity contribution >= 4 is 23.4 Å². The second kappa shape index (κ2) is 8.26. The predicted octanol–water partition coefficient (Wildman–Crippen LogP) is 3.04. The fourth-order valence-corrected chi connectivity index (χ4v) is 3.29. The normalized spacial score (nSPS) is 15.5. The van der Waals surface area contributed by atoms with Gasteiger partial charge in [-0.05, 0) is 36.2 Å². The topological polar surface area (TPSA) is 94.0 Å². The molecule has 2 amide bonds. The Labute approximate surface area is 166 Å². The van der Waals surface area contributed by atoms with E-state index in [4.69, 9.17) is 16.3 Å². The summed E-state index contributed by atoms with van der Waals surface area (Å²) in [5.74, 6) is 1.79. The highest BCUT2D eigenvalue weighted by Gasteiger charge is 2.21. The molecule has 0 bridgehead atoms. The van der Waals surface area contributed by atoms with Gasteiger partial charge in [0.15, 0.2) is 11.6 Å². The van der Waals surface area contributed by atoms with Crippen molar-refractivity contribution in [3.63, 3.8) is 0 Å². The summed E-state index contributed by atoms with van der Waals surface area (Å²) in [6.45, 7) is 0.920. The summed E-state index contributed by atoms with van der Waals surface area (Å²) in [6, 6.07) is 10.6. The molecule has 3 aromatic rings. The Kier molecular flexibility index (Phi) is 5.38. The zero-order valence-electron chi connectivity index (χ0n) is 15.0. The highest BCUT2D eigenvalue weighted by molar-refractivity contribution is 6.30. The van der Waals surface area contributed by atoms with Crippen molar-refractivity contribution in [1.29, 1.82) is 0 Å². The Morgan fingerprint density at radius 2 is 2.21 bits per heavy atom. The van der Waals surface area contributed by atoms with Crippen molar-refractivity contribution < 1.29 is 9.53 Å². The van der Waals surface area contributed by atoms with Gasteiger partial charge in [-0.2, -0.15) is 5.10 Å². The lowest BCUT2D eigenvalue weighted by Gasteiger charge is -2.23. The van der Waals surface area contributed by atoms with E-state index in [0.29, 0.717) is 29.7 Å². The lowest BCUT2D eigenvalue weighted by atomic mass is 10.1. The summed E-state index contributed by atoms with van der Waals surface area (Å²) in [5.41, 5.74) is 0.928. The maximum atomic E-state index is 12.4. The van der Waals surface area contributed by atoms with Gasteiger partial charge < -0.3 is 10.1 Å². The molecule has 2 N–H and O–H groups in total. The summed E-state index contributed by atoms with van der Waals surface area (Å²) in [5, 5.41) is 10.5. The number of aromatic nitrogens is 4. The maximum Gasteiger partial charge on any atom is 0.320 e. The van der Waals surface area contributed by atoms with Crippen molar-refractivity contribution in [2.75, 3.05) is 5.32 Å². The van der Waals surface area contributed by atoms with Crippen LogP contribution in [0.25, 0.3) is 0 Å². The summed E-state index contributed by atoms with van der Waals surface area (Å²) in [6.07, 6.45) is 4.73. The van der Waals surface area contributed by atoms with Gasteiger partial charge in [-0.15, -0.1) is 0 Å². The predicted molar refractivity (Wildman–Crippen MR) is 104 cm³/mol. The smallest absolute Gasteiger partial charge is 0.320 e. The molecule has 4 rings (SSSR count). The van der Waals surface area contributed by atoms with E-state index in [1.807, 2.05) is 22.9 Å². The average molecular weight is 399 g/mol. The molecule has 2 aromatic heterocycles. The van der Waals surface area contributed by atoms with Gasteiger partial charge in [0.05, 0.1) is 12.6 Å². The van der Waals surface area contributed by atoms with Crippen molar-refractivity contribution in [2.24, 2.45) is 0 Å². The number of rotatable bonds is 5. The number of pyridine rings is 1. The Morgan fingerprint density at radius 3 is 3.11 bits per heavy atom. The first-order valence-corrected chi connectivity index (χ1v) is 9.31. The van der Waals surface area contributed by atoms with Crippen LogP contribution in [0, 0.1) is 0 Å². The van der Waals surface area contributed by atoms with Crippen LogP contribution in [0.5, 0.6) is 5.75 Å². The van der Waals surface area contributed by atoms with Crippen LogP contribution >= 0.6 is 11.6 Å². The molecule has 0 fully saturated rings. The van der Waals surface area contributed by atoms with Gasteiger partial charge in [-0.1, -0.05) is 23.7 Å². The summed E-state index contributed by atoms with van der Waals surface area (Å²) < 4.78 is 7.63. The minimum absolute atomic E-state index is 0.0197. The number of carbonyl (C=O) groups excluding carboxylic acids is 1. The number of urea groups is 1. The lowest BCUT2D eigenvalue weighted by molar-refractivity contribution is 0.243. The third-order valence-electron chi connectivity index (χ3n) is 4.43. The zero-order valence-corrected chi connectivity index (χ0v) is 15.8. The van der Waals surface area contributed by atoms with E-state index in [1.165, 1.54) is 6.33 Å². The number of carbonyl (C=O) groups is 1. The van der Waals surface area contributed by atoms with Crippen LogP contribution in [0.3, 0.4) is 0 Å². The molecule has 0 aliphatic carbocycles. The lowest BCUT2D eigenvalue weighted by Crippen LogP contribution is -2.43. The largest absolute Gasteiger partial charge is 0.485 e. The van der Waals surface area contributed by atoms with Gasteiger partial charge in [-0.3, -0.25) is 5.32 Å². The Morgan fingerprint density at radius 1 is 1.29 bits per heavy atom. The number of fused-ring (bicyclic) bond motifs is 1. The number of nitrogens with one attached hydrogen (secondary N) is 2.